The molecule has 1 saturated heterocycles. The van der Waals surface area contributed by atoms with Crippen molar-refractivity contribution in [3.63, 3.8) is 0 Å². The van der Waals surface area contributed by atoms with Gasteiger partial charge in [0.2, 0.25) is 0 Å². The summed E-state index contributed by atoms with van der Waals surface area (Å²) in [4.78, 5) is 25.1. The van der Waals surface area contributed by atoms with Crippen molar-refractivity contribution >= 4 is 28.2 Å². The summed E-state index contributed by atoms with van der Waals surface area (Å²) in [5.41, 5.74) is 2.17. The summed E-state index contributed by atoms with van der Waals surface area (Å²) in [7, 11) is 2.08. The third-order valence-corrected chi connectivity index (χ3v) is 6.72. The van der Waals surface area contributed by atoms with Crippen molar-refractivity contribution in [2.24, 2.45) is 7.05 Å². The lowest BCUT2D eigenvalue weighted by Gasteiger charge is -2.39. The van der Waals surface area contributed by atoms with Gasteiger partial charge in [-0.15, -0.1) is 16.4 Å². The van der Waals surface area contributed by atoms with E-state index in [9.17, 15) is 0 Å². The lowest BCUT2D eigenvalue weighted by molar-refractivity contribution is 0.279. The number of para-hydroxylation sites is 2. The van der Waals surface area contributed by atoms with Crippen LogP contribution in [0.4, 0.5) is 5.82 Å². The minimum Gasteiger partial charge on any atom is -0.456 e. The van der Waals surface area contributed by atoms with Crippen LogP contribution in [0.3, 0.4) is 0 Å². The maximum Gasteiger partial charge on any atom is 0.320 e. The molecule has 0 saturated carbocycles. The number of rotatable bonds is 6. The van der Waals surface area contributed by atoms with E-state index in [4.69, 9.17) is 14.7 Å². The summed E-state index contributed by atoms with van der Waals surface area (Å²) in [5, 5.41) is 7.28. The molecule has 1 fully saturated rings. The van der Waals surface area contributed by atoms with Gasteiger partial charge < -0.3 is 14.2 Å². The zero-order chi connectivity index (χ0) is 23.2. The van der Waals surface area contributed by atoms with E-state index >= 15 is 0 Å². The molecule has 0 unspecified atom stereocenters. The van der Waals surface area contributed by atoms with Crippen molar-refractivity contribution in [2.45, 2.75) is 26.4 Å². The van der Waals surface area contributed by atoms with E-state index in [0.717, 1.165) is 46.6 Å². The van der Waals surface area contributed by atoms with Crippen LogP contribution in [-0.4, -0.2) is 52.4 Å². The van der Waals surface area contributed by atoms with Crippen molar-refractivity contribution in [3.8, 4) is 11.8 Å². The number of aryl methyl sites for hydroxylation is 3. The topological polar surface area (TPSA) is 99.7 Å². The first-order valence-electron chi connectivity index (χ1n) is 11.0. The molecule has 0 bridgehead atoms. The van der Waals surface area contributed by atoms with E-state index in [0.29, 0.717) is 30.2 Å². The molecule has 0 amide bonds. The molecule has 5 aromatic rings. The van der Waals surface area contributed by atoms with Crippen molar-refractivity contribution in [2.75, 3.05) is 18.0 Å². The number of benzene rings is 1. The fraction of sp³-hybridized carbons (Fsp3) is 0.304. The lowest BCUT2D eigenvalue weighted by Crippen LogP contribution is -2.46. The van der Waals surface area contributed by atoms with Crippen molar-refractivity contribution in [1.82, 2.24) is 39.3 Å². The van der Waals surface area contributed by atoms with Crippen LogP contribution in [-0.2, 0) is 13.7 Å². The van der Waals surface area contributed by atoms with Crippen LogP contribution in [0.2, 0.25) is 0 Å². The number of aromatic nitrogens is 8. The summed E-state index contributed by atoms with van der Waals surface area (Å²) in [6, 6.07) is 10.5. The third kappa shape index (κ3) is 3.67. The van der Waals surface area contributed by atoms with Crippen LogP contribution < -0.4 is 9.64 Å². The van der Waals surface area contributed by atoms with Crippen molar-refractivity contribution in [3.05, 3.63) is 64.4 Å². The van der Waals surface area contributed by atoms with Crippen molar-refractivity contribution in [1.29, 1.82) is 0 Å². The van der Waals surface area contributed by atoms with Gasteiger partial charge in [0.25, 0.3) is 0 Å². The summed E-state index contributed by atoms with van der Waals surface area (Å²) in [5.74, 6) is 4.29. The molecule has 5 heterocycles. The smallest absolute Gasteiger partial charge is 0.320 e. The van der Waals surface area contributed by atoms with Crippen LogP contribution in [0.1, 0.15) is 28.4 Å². The molecule has 1 aliphatic heterocycles. The Labute approximate surface area is 199 Å². The lowest BCUT2D eigenvalue weighted by atomic mass is 9.99. The maximum atomic E-state index is 5.91. The molecule has 1 aliphatic rings. The first-order chi connectivity index (χ1) is 16.5. The number of nitrogens with zero attached hydrogens (tertiary/aromatic N) is 9. The normalized spacial score (nSPS) is 14.0. The molecule has 1 aromatic carbocycles. The minimum atomic E-state index is 0.293. The summed E-state index contributed by atoms with van der Waals surface area (Å²) in [6.07, 6.45) is 1.76. The first kappa shape index (κ1) is 20.7. The van der Waals surface area contributed by atoms with Gasteiger partial charge in [0.05, 0.1) is 17.0 Å². The highest BCUT2D eigenvalue weighted by molar-refractivity contribution is 7.09. The van der Waals surface area contributed by atoms with Crippen LogP contribution in [0, 0.1) is 13.8 Å². The number of hydrogen-bond acceptors (Lipinski definition) is 9. The van der Waals surface area contributed by atoms with E-state index in [2.05, 4.69) is 48.7 Å². The zero-order valence-corrected chi connectivity index (χ0v) is 19.9. The van der Waals surface area contributed by atoms with Gasteiger partial charge in [-0.25, -0.2) is 15.0 Å². The Morgan fingerprint density at radius 1 is 1.06 bits per heavy atom. The number of fused-ring (bicyclic) bond motifs is 1. The van der Waals surface area contributed by atoms with Gasteiger partial charge in [0, 0.05) is 37.8 Å². The molecular weight excluding hydrogens is 450 g/mol. The summed E-state index contributed by atoms with van der Waals surface area (Å²) < 4.78 is 9.82. The standard InChI is InChI=1S/C23H23N9OS/c1-14-25-15(2)32(29-14)20-10-19(27-23(28-20)33-13-21-24-8-9-34-21)31-11-16(12-31)22-26-17-6-4-5-7-18(17)30(22)3/h4-10,16H,11-13H2,1-3H3. The van der Waals surface area contributed by atoms with E-state index in [1.165, 1.54) is 11.3 Å². The molecule has 10 nitrogen and oxygen atoms in total. The highest BCUT2D eigenvalue weighted by Gasteiger charge is 2.33. The monoisotopic (exact) mass is 473 g/mol. The van der Waals surface area contributed by atoms with Gasteiger partial charge in [-0.1, -0.05) is 12.1 Å². The second-order valence-corrected chi connectivity index (χ2v) is 9.30. The van der Waals surface area contributed by atoms with Crippen LogP contribution in [0.25, 0.3) is 16.9 Å². The molecule has 6 rings (SSSR count). The predicted octanol–water partition coefficient (Wildman–Crippen LogP) is 3.20. The van der Waals surface area contributed by atoms with Gasteiger partial charge in [-0.05, 0) is 26.0 Å². The molecule has 0 radical (unpaired) electrons. The zero-order valence-electron chi connectivity index (χ0n) is 19.1. The number of thiazole rings is 1. The quantitative estimate of drug-likeness (QED) is 0.371. The Balaban J connectivity index is 1.28. The SMILES string of the molecule is Cc1nc(C)n(-c2cc(N3CC(c4nc5ccccc5n4C)C3)nc(OCc3nccs3)n2)n1. The Kier molecular flexibility index (Phi) is 4.98. The predicted molar refractivity (Wildman–Crippen MR) is 129 cm³/mol. The number of ether oxygens (including phenoxy) is 1. The molecule has 11 heteroatoms. The van der Waals surface area contributed by atoms with E-state index in [1.807, 2.05) is 37.4 Å². The molecule has 4 aromatic heterocycles. The molecule has 0 aliphatic carbocycles. The van der Waals surface area contributed by atoms with Crippen LogP contribution in [0.15, 0.2) is 41.9 Å². The highest BCUT2D eigenvalue weighted by Crippen LogP contribution is 2.33. The first-order valence-corrected chi connectivity index (χ1v) is 11.9. The van der Waals surface area contributed by atoms with E-state index in [1.54, 1.807) is 10.9 Å². The number of anilines is 1. The summed E-state index contributed by atoms with van der Waals surface area (Å²) in [6.45, 7) is 5.72. The van der Waals surface area contributed by atoms with E-state index in [-0.39, 0.29) is 0 Å². The summed E-state index contributed by atoms with van der Waals surface area (Å²) >= 11 is 1.54. The van der Waals surface area contributed by atoms with Gasteiger partial charge in [0.15, 0.2) is 5.82 Å². The molecular formula is C23H23N9OS. The van der Waals surface area contributed by atoms with Gasteiger partial charge in [-0.2, -0.15) is 14.6 Å². The highest BCUT2D eigenvalue weighted by atomic mass is 32.1. The molecule has 0 N–H and O–H groups in total. The largest absolute Gasteiger partial charge is 0.456 e. The van der Waals surface area contributed by atoms with Crippen LogP contribution in [0.5, 0.6) is 6.01 Å². The molecule has 172 valence electrons. The number of hydrogen-bond donors (Lipinski definition) is 0. The fourth-order valence-corrected chi connectivity index (χ4v) is 4.81. The van der Waals surface area contributed by atoms with Crippen LogP contribution >= 0.6 is 11.3 Å². The number of imidazole rings is 1. The van der Waals surface area contributed by atoms with Gasteiger partial charge >= 0.3 is 6.01 Å². The Hall–Kier alpha value is -3.86. The average molecular weight is 474 g/mol. The molecule has 0 spiro atoms. The minimum absolute atomic E-state index is 0.293. The third-order valence-electron chi connectivity index (χ3n) is 5.97. The average Bonchev–Trinajstić information content (AvgIpc) is 3.52. The van der Waals surface area contributed by atoms with Crippen molar-refractivity contribution < 1.29 is 4.74 Å². The maximum absolute atomic E-state index is 5.91. The van der Waals surface area contributed by atoms with Gasteiger partial charge in [-0.3, -0.25) is 0 Å². The Bertz CT molecular complexity index is 1470. The van der Waals surface area contributed by atoms with Gasteiger partial charge in [0.1, 0.15) is 34.9 Å². The Morgan fingerprint density at radius 2 is 1.88 bits per heavy atom. The van der Waals surface area contributed by atoms with E-state index < -0.39 is 0 Å². The fourth-order valence-electron chi connectivity index (χ4n) is 4.28. The second kappa shape index (κ2) is 8.17. The molecule has 34 heavy (non-hydrogen) atoms. The molecule has 0 atom stereocenters. The Morgan fingerprint density at radius 3 is 2.62 bits per heavy atom. The second-order valence-electron chi connectivity index (χ2n) is 8.32.